The maximum Gasteiger partial charge on any atom is 0.0223 e. The third kappa shape index (κ3) is 1.70. The highest BCUT2D eigenvalue weighted by Gasteiger charge is 2.43. The van der Waals surface area contributed by atoms with E-state index in [0.717, 1.165) is 23.8 Å². The Bertz CT molecular complexity index is 212. The molecule has 4 atom stereocenters. The molecule has 0 aromatic heterocycles. The van der Waals surface area contributed by atoms with Gasteiger partial charge in [-0.2, -0.15) is 0 Å². The van der Waals surface area contributed by atoms with Gasteiger partial charge in [0, 0.05) is 19.1 Å². The summed E-state index contributed by atoms with van der Waals surface area (Å²) in [6.45, 7) is 7.63. The van der Waals surface area contributed by atoms with Gasteiger partial charge in [-0.05, 0) is 50.1 Å². The van der Waals surface area contributed by atoms with Crippen LogP contribution in [0.3, 0.4) is 0 Å². The predicted octanol–water partition coefficient (Wildman–Crippen LogP) is 1.33. The zero-order chi connectivity index (χ0) is 9.54. The molecule has 2 heterocycles. The maximum absolute atomic E-state index is 3.57. The van der Waals surface area contributed by atoms with Crippen molar-refractivity contribution >= 4 is 0 Å². The molecule has 2 aliphatic heterocycles. The number of hydrogen-bond donors (Lipinski definition) is 1. The van der Waals surface area contributed by atoms with Gasteiger partial charge in [-0.3, -0.25) is 4.90 Å². The highest BCUT2D eigenvalue weighted by molar-refractivity contribution is 4.95. The van der Waals surface area contributed by atoms with Crippen molar-refractivity contribution in [3.8, 4) is 0 Å². The number of fused-ring (bicyclic) bond motifs is 1. The third-order valence-corrected chi connectivity index (χ3v) is 4.39. The van der Waals surface area contributed by atoms with Crippen molar-refractivity contribution in [3.63, 3.8) is 0 Å². The normalized spacial score (nSPS) is 48.6. The van der Waals surface area contributed by atoms with E-state index in [1.165, 1.54) is 45.4 Å². The Kier molecular flexibility index (Phi) is 2.29. The molecular weight excluding hydrogens is 172 g/mol. The molecule has 0 amide bonds. The van der Waals surface area contributed by atoms with Crippen molar-refractivity contribution in [3.05, 3.63) is 0 Å². The van der Waals surface area contributed by atoms with E-state index in [-0.39, 0.29) is 0 Å². The molecule has 0 spiro atoms. The summed E-state index contributed by atoms with van der Waals surface area (Å²) in [5.74, 6) is 3.09. The van der Waals surface area contributed by atoms with Gasteiger partial charge in [0.1, 0.15) is 0 Å². The second-order valence-electron chi connectivity index (χ2n) is 5.69. The number of rotatable bonds is 1. The molecule has 3 aliphatic rings. The number of piperidine rings is 2. The van der Waals surface area contributed by atoms with Gasteiger partial charge in [0.2, 0.25) is 0 Å². The van der Waals surface area contributed by atoms with Crippen molar-refractivity contribution < 1.29 is 0 Å². The minimum absolute atomic E-state index is 0.847. The zero-order valence-corrected chi connectivity index (χ0v) is 9.21. The lowest BCUT2D eigenvalue weighted by Gasteiger charge is -2.38. The van der Waals surface area contributed by atoms with Crippen LogP contribution in [-0.2, 0) is 0 Å². The molecule has 0 aromatic rings. The first-order valence-electron chi connectivity index (χ1n) is 6.27. The van der Waals surface area contributed by atoms with E-state index >= 15 is 0 Å². The molecular formula is C12H22N2. The van der Waals surface area contributed by atoms with Crippen molar-refractivity contribution in [1.29, 1.82) is 0 Å². The Balaban J connectivity index is 1.58. The molecule has 3 rings (SSSR count). The van der Waals surface area contributed by atoms with E-state index in [2.05, 4.69) is 17.1 Å². The van der Waals surface area contributed by atoms with Crippen LogP contribution in [0.25, 0.3) is 0 Å². The quantitative estimate of drug-likeness (QED) is 0.677. The average molecular weight is 194 g/mol. The van der Waals surface area contributed by atoms with Crippen LogP contribution in [0, 0.1) is 17.8 Å². The molecule has 3 fully saturated rings. The van der Waals surface area contributed by atoms with Crippen LogP contribution < -0.4 is 5.32 Å². The molecule has 4 unspecified atom stereocenters. The minimum Gasteiger partial charge on any atom is -0.315 e. The highest BCUT2D eigenvalue weighted by Crippen LogP contribution is 2.45. The van der Waals surface area contributed by atoms with E-state index in [1.54, 1.807) is 0 Å². The van der Waals surface area contributed by atoms with Crippen LogP contribution in [0.15, 0.2) is 0 Å². The smallest absolute Gasteiger partial charge is 0.0223 e. The number of nitrogens with one attached hydrogen (secondary N) is 1. The molecule has 0 aromatic carbocycles. The molecule has 0 bridgehead atoms. The first kappa shape index (κ1) is 9.17. The summed E-state index contributed by atoms with van der Waals surface area (Å²) in [6.07, 6.45) is 4.44. The van der Waals surface area contributed by atoms with Crippen LogP contribution in [0.1, 0.15) is 26.2 Å². The Morgan fingerprint density at radius 1 is 1.14 bits per heavy atom. The summed E-state index contributed by atoms with van der Waals surface area (Å²) in [5.41, 5.74) is 0. The third-order valence-electron chi connectivity index (χ3n) is 4.39. The van der Waals surface area contributed by atoms with Gasteiger partial charge in [-0.1, -0.05) is 6.92 Å². The van der Waals surface area contributed by atoms with Crippen LogP contribution in [0.5, 0.6) is 0 Å². The van der Waals surface area contributed by atoms with Crippen LogP contribution in [0.4, 0.5) is 0 Å². The molecule has 2 heteroatoms. The number of nitrogens with zero attached hydrogens (tertiary/aromatic N) is 1. The van der Waals surface area contributed by atoms with Gasteiger partial charge in [-0.25, -0.2) is 0 Å². The lowest BCUT2D eigenvalue weighted by atomic mass is 9.95. The van der Waals surface area contributed by atoms with Gasteiger partial charge < -0.3 is 5.32 Å². The summed E-state index contributed by atoms with van der Waals surface area (Å²) < 4.78 is 0. The Hall–Kier alpha value is -0.0800. The summed E-state index contributed by atoms with van der Waals surface area (Å²) >= 11 is 0. The van der Waals surface area contributed by atoms with Crippen LogP contribution in [-0.4, -0.2) is 37.1 Å². The van der Waals surface area contributed by atoms with Crippen LogP contribution >= 0.6 is 0 Å². The van der Waals surface area contributed by atoms with Gasteiger partial charge >= 0.3 is 0 Å². The standard InChI is InChI=1S/C12H22N2/c1-9-4-12(7-13-6-9)14-3-2-10-5-11(10)8-14/h9-13H,2-8H2,1H3. The summed E-state index contributed by atoms with van der Waals surface area (Å²) in [4.78, 5) is 2.76. The van der Waals surface area contributed by atoms with Crippen LogP contribution in [0.2, 0.25) is 0 Å². The molecule has 1 saturated carbocycles. The number of hydrogen-bond acceptors (Lipinski definition) is 2. The van der Waals surface area contributed by atoms with E-state index in [1.807, 2.05) is 0 Å². The first-order chi connectivity index (χ1) is 6.83. The number of likely N-dealkylation sites (tertiary alicyclic amines) is 1. The lowest BCUT2D eigenvalue weighted by Crippen LogP contribution is -2.50. The van der Waals surface area contributed by atoms with E-state index in [4.69, 9.17) is 0 Å². The topological polar surface area (TPSA) is 15.3 Å². The molecule has 2 saturated heterocycles. The summed E-state index contributed by atoms with van der Waals surface area (Å²) in [6, 6.07) is 0.847. The monoisotopic (exact) mass is 194 g/mol. The summed E-state index contributed by atoms with van der Waals surface area (Å²) in [7, 11) is 0. The highest BCUT2D eigenvalue weighted by atomic mass is 15.2. The Morgan fingerprint density at radius 3 is 2.86 bits per heavy atom. The molecule has 0 radical (unpaired) electrons. The van der Waals surface area contributed by atoms with Crippen molar-refractivity contribution in [2.45, 2.75) is 32.2 Å². The van der Waals surface area contributed by atoms with Gasteiger partial charge in [0.15, 0.2) is 0 Å². The fraction of sp³-hybridized carbons (Fsp3) is 1.00. The zero-order valence-electron chi connectivity index (χ0n) is 9.21. The lowest BCUT2D eigenvalue weighted by molar-refractivity contribution is 0.117. The predicted molar refractivity (Wildman–Crippen MR) is 58.2 cm³/mol. The second-order valence-corrected chi connectivity index (χ2v) is 5.69. The van der Waals surface area contributed by atoms with E-state index < -0.39 is 0 Å². The Morgan fingerprint density at radius 2 is 2.07 bits per heavy atom. The summed E-state index contributed by atoms with van der Waals surface area (Å²) in [5, 5.41) is 3.57. The molecule has 14 heavy (non-hydrogen) atoms. The molecule has 2 nitrogen and oxygen atoms in total. The second kappa shape index (κ2) is 3.49. The van der Waals surface area contributed by atoms with E-state index in [0.29, 0.717) is 0 Å². The maximum atomic E-state index is 3.57. The van der Waals surface area contributed by atoms with Gasteiger partial charge in [-0.15, -0.1) is 0 Å². The van der Waals surface area contributed by atoms with E-state index in [9.17, 15) is 0 Å². The fourth-order valence-corrected chi connectivity index (χ4v) is 3.35. The largest absolute Gasteiger partial charge is 0.315 e. The van der Waals surface area contributed by atoms with Crippen molar-refractivity contribution in [2.24, 2.45) is 17.8 Å². The first-order valence-corrected chi connectivity index (χ1v) is 6.27. The van der Waals surface area contributed by atoms with Gasteiger partial charge in [0.25, 0.3) is 0 Å². The minimum atomic E-state index is 0.847. The molecule has 1 aliphatic carbocycles. The van der Waals surface area contributed by atoms with Gasteiger partial charge in [0.05, 0.1) is 0 Å². The van der Waals surface area contributed by atoms with Crippen molar-refractivity contribution in [2.75, 3.05) is 26.2 Å². The molecule has 1 N–H and O–H groups in total. The SMILES string of the molecule is CC1CNCC(N2CCC3CC3C2)C1. The average Bonchev–Trinajstić information content (AvgIpc) is 2.95. The van der Waals surface area contributed by atoms with Crippen molar-refractivity contribution in [1.82, 2.24) is 10.2 Å². The molecule has 80 valence electrons. The fourth-order valence-electron chi connectivity index (χ4n) is 3.35. The Labute approximate surface area is 87.0 Å².